The lowest BCUT2D eigenvalue weighted by Crippen LogP contribution is -2.35. The van der Waals surface area contributed by atoms with E-state index in [1.165, 1.54) is 12.1 Å². The van der Waals surface area contributed by atoms with E-state index in [-0.39, 0.29) is 29.3 Å². The third-order valence-corrected chi connectivity index (χ3v) is 4.49. The first-order valence-electron chi connectivity index (χ1n) is 7.34. The van der Waals surface area contributed by atoms with E-state index in [9.17, 15) is 18.0 Å². The maximum atomic E-state index is 13.0. The first kappa shape index (κ1) is 14.4. The van der Waals surface area contributed by atoms with Crippen LogP contribution in [0.3, 0.4) is 0 Å². The quantitative estimate of drug-likeness (QED) is 0.901. The van der Waals surface area contributed by atoms with Crippen molar-refractivity contribution in [3.8, 4) is 0 Å². The topological polar surface area (TPSA) is 29.1 Å². The van der Waals surface area contributed by atoms with E-state index in [2.05, 4.69) is 5.32 Å². The predicted molar refractivity (Wildman–Crippen MR) is 72.6 cm³/mol. The Morgan fingerprint density at radius 3 is 2.57 bits per heavy atom. The number of hydrogen-bond donors (Lipinski definition) is 1. The molecule has 2 nitrogen and oxygen atoms in total. The Morgan fingerprint density at radius 1 is 1.29 bits per heavy atom. The van der Waals surface area contributed by atoms with Crippen molar-refractivity contribution >= 4 is 5.91 Å². The Balaban J connectivity index is 1.69. The van der Waals surface area contributed by atoms with Crippen LogP contribution in [0.5, 0.6) is 0 Å². The minimum Gasteiger partial charge on any atom is -0.353 e. The maximum absolute atomic E-state index is 13.0. The fourth-order valence-corrected chi connectivity index (χ4v) is 2.95. The van der Waals surface area contributed by atoms with E-state index in [0.29, 0.717) is 12.3 Å². The predicted octanol–water partition coefficient (Wildman–Crippen LogP) is 3.72. The number of rotatable bonds is 4. The molecule has 0 heterocycles. The molecule has 1 aromatic rings. The Hall–Kier alpha value is -1.52. The second-order valence-electron chi connectivity index (χ2n) is 6.17. The lowest BCUT2D eigenvalue weighted by atomic mass is 10.0. The molecule has 3 unspecified atom stereocenters. The third-order valence-electron chi connectivity index (χ3n) is 4.49. The molecular weight excluding hydrogens is 279 g/mol. The first-order valence-corrected chi connectivity index (χ1v) is 7.34. The van der Waals surface area contributed by atoms with E-state index in [1.807, 2.05) is 6.92 Å². The van der Waals surface area contributed by atoms with Gasteiger partial charge in [0.25, 0.3) is 0 Å². The molecule has 1 aromatic carbocycles. The summed E-state index contributed by atoms with van der Waals surface area (Å²) in [6.45, 7) is 1.97. The standard InChI is InChI=1S/C16H18F3NO/c1-9(10-6-7-10)20-15(21)13-8-12(13)11-4-2-3-5-14(11)16(17,18)19/h2-5,9-10,12-13H,6-8H2,1H3,(H,20,21). The van der Waals surface area contributed by atoms with Crippen LogP contribution in [0.2, 0.25) is 0 Å². The van der Waals surface area contributed by atoms with Crippen LogP contribution in [-0.4, -0.2) is 11.9 Å². The molecule has 3 rings (SSSR count). The van der Waals surface area contributed by atoms with E-state index >= 15 is 0 Å². The summed E-state index contributed by atoms with van der Waals surface area (Å²) in [7, 11) is 0. The van der Waals surface area contributed by atoms with Crippen molar-refractivity contribution in [2.24, 2.45) is 11.8 Å². The second kappa shape index (κ2) is 5.04. The molecule has 0 aromatic heterocycles. The van der Waals surface area contributed by atoms with Gasteiger partial charge < -0.3 is 5.32 Å². The van der Waals surface area contributed by atoms with Crippen molar-refractivity contribution in [3.63, 3.8) is 0 Å². The largest absolute Gasteiger partial charge is 0.416 e. The van der Waals surface area contributed by atoms with Crippen LogP contribution in [0, 0.1) is 11.8 Å². The highest BCUT2D eigenvalue weighted by atomic mass is 19.4. The second-order valence-corrected chi connectivity index (χ2v) is 6.17. The number of benzene rings is 1. The number of carbonyl (C=O) groups excluding carboxylic acids is 1. The molecule has 2 aliphatic rings. The summed E-state index contributed by atoms with van der Waals surface area (Å²) in [5.74, 6) is -0.158. The number of halogens is 3. The van der Waals surface area contributed by atoms with Crippen LogP contribution in [0.1, 0.15) is 43.2 Å². The SMILES string of the molecule is CC(NC(=O)C1CC1c1ccccc1C(F)(F)F)C1CC1. The van der Waals surface area contributed by atoms with Gasteiger partial charge in [-0.25, -0.2) is 0 Å². The lowest BCUT2D eigenvalue weighted by Gasteiger charge is -2.14. The van der Waals surface area contributed by atoms with Crippen LogP contribution in [0.25, 0.3) is 0 Å². The summed E-state index contributed by atoms with van der Waals surface area (Å²) >= 11 is 0. The van der Waals surface area contributed by atoms with Crippen molar-refractivity contribution < 1.29 is 18.0 Å². The van der Waals surface area contributed by atoms with Crippen molar-refractivity contribution in [2.45, 2.75) is 44.3 Å². The maximum Gasteiger partial charge on any atom is 0.416 e. The first-order chi connectivity index (χ1) is 9.88. The van der Waals surface area contributed by atoms with E-state index in [4.69, 9.17) is 0 Å². The zero-order valence-corrected chi connectivity index (χ0v) is 11.8. The molecule has 114 valence electrons. The summed E-state index contributed by atoms with van der Waals surface area (Å²) in [5, 5.41) is 2.94. The van der Waals surface area contributed by atoms with Gasteiger partial charge >= 0.3 is 6.18 Å². The molecule has 1 amide bonds. The molecular formula is C16H18F3NO. The van der Waals surface area contributed by atoms with Gasteiger partial charge in [0.15, 0.2) is 0 Å². The molecule has 0 radical (unpaired) electrons. The summed E-state index contributed by atoms with van der Waals surface area (Å²) in [5.41, 5.74) is -0.357. The Bertz CT molecular complexity index is 551. The Labute approximate surface area is 121 Å². The Morgan fingerprint density at radius 2 is 1.95 bits per heavy atom. The summed E-state index contributed by atoms with van der Waals surface area (Å²) in [6.07, 6.45) is -1.59. The molecule has 1 N–H and O–H groups in total. The molecule has 3 atom stereocenters. The van der Waals surface area contributed by atoms with Crippen LogP contribution in [-0.2, 0) is 11.0 Å². The molecule has 2 saturated carbocycles. The van der Waals surface area contributed by atoms with Gasteiger partial charge in [0.1, 0.15) is 0 Å². The van der Waals surface area contributed by atoms with E-state index in [0.717, 1.165) is 18.9 Å². The van der Waals surface area contributed by atoms with Gasteiger partial charge in [-0.15, -0.1) is 0 Å². The van der Waals surface area contributed by atoms with Crippen molar-refractivity contribution in [2.75, 3.05) is 0 Å². The molecule has 2 fully saturated rings. The molecule has 0 spiro atoms. The van der Waals surface area contributed by atoms with Gasteiger partial charge in [0.05, 0.1) is 5.56 Å². The molecule has 0 saturated heterocycles. The van der Waals surface area contributed by atoms with Gasteiger partial charge in [-0.3, -0.25) is 4.79 Å². The summed E-state index contributed by atoms with van der Waals surface area (Å²) < 4.78 is 39.0. The van der Waals surface area contributed by atoms with Gasteiger partial charge in [-0.1, -0.05) is 18.2 Å². The number of nitrogens with one attached hydrogen (secondary N) is 1. The van der Waals surface area contributed by atoms with Crippen molar-refractivity contribution in [3.05, 3.63) is 35.4 Å². The van der Waals surface area contributed by atoms with Crippen LogP contribution in [0.15, 0.2) is 24.3 Å². The van der Waals surface area contributed by atoms with Crippen molar-refractivity contribution in [1.82, 2.24) is 5.32 Å². The Kier molecular flexibility index (Phi) is 3.46. The van der Waals surface area contributed by atoms with Gasteiger partial charge in [-0.05, 0) is 49.7 Å². The monoisotopic (exact) mass is 297 g/mol. The van der Waals surface area contributed by atoms with E-state index in [1.54, 1.807) is 6.07 Å². The van der Waals surface area contributed by atoms with E-state index < -0.39 is 11.7 Å². The summed E-state index contributed by atoms with van der Waals surface area (Å²) in [6, 6.07) is 5.71. The fraction of sp³-hybridized carbons (Fsp3) is 0.562. The van der Waals surface area contributed by atoms with Gasteiger partial charge in [0.2, 0.25) is 5.91 Å². The van der Waals surface area contributed by atoms with Crippen LogP contribution in [0.4, 0.5) is 13.2 Å². The highest BCUT2D eigenvalue weighted by molar-refractivity contribution is 5.83. The molecule has 2 aliphatic carbocycles. The number of hydrogen-bond acceptors (Lipinski definition) is 1. The number of alkyl halides is 3. The van der Waals surface area contributed by atoms with Gasteiger partial charge in [0, 0.05) is 12.0 Å². The smallest absolute Gasteiger partial charge is 0.353 e. The van der Waals surface area contributed by atoms with Crippen LogP contribution < -0.4 is 5.32 Å². The summed E-state index contributed by atoms with van der Waals surface area (Å²) in [4.78, 5) is 12.1. The number of carbonyl (C=O) groups is 1. The normalized spacial score (nSPS) is 26.3. The minimum absolute atomic E-state index is 0.101. The molecule has 5 heteroatoms. The highest BCUT2D eigenvalue weighted by Crippen LogP contribution is 2.51. The minimum atomic E-state index is -4.36. The molecule has 0 bridgehead atoms. The molecule has 21 heavy (non-hydrogen) atoms. The zero-order chi connectivity index (χ0) is 15.2. The molecule has 0 aliphatic heterocycles. The fourth-order valence-electron chi connectivity index (χ4n) is 2.95. The van der Waals surface area contributed by atoms with Crippen molar-refractivity contribution in [1.29, 1.82) is 0 Å². The highest BCUT2D eigenvalue weighted by Gasteiger charge is 2.48. The van der Waals surface area contributed by atoms with Gasteiger partial charge in [-0.2, -0.15) is 13.2 Å². The average Bonchev–Trinajstić information content (AvgIpc) is 3.28. The average molecular weight is 297 g/mol. The lowest BCUT2D eigenvalue weighted by molar-refractivity contribution is -0.138. The number of amides is 1. The van der Waals surface area contributed by atoms with Crippen LogP contribution >= 0.6 is 0 Å². The third kappa shape index (κ3) is 3.06. The zero-order valence-electron chi connectivity index (χ0n) is 11.8.